The molecule has 3 rings (SSSR count). The quantitative estimate of drug-likeness (QED) is 0.841. The summed E-state index contributed by atoms with van der Waals surface area (Å²) in [6.07, 6.45) is 4.32. The van der Waals surface area contributed by atoms with Crippen LogP contribution in [0.2, 0.25) is 0 Å². The van der Waals surface area contributed by atoms with Gasteiger partial charge in [-0.15, -0.1) is 0 Å². The average Bonchev–Trinajstić information content (AvgIpc) is 2.68. The van der Waals surface area contributed by atoms with Crippen molar-refractivity contribution in [2.75, 3.05) is 31.6 Å². The number of piperidine rings is 1. The number of rotatable bonds is 5. The van der Waals surface area contributed by atoms with Gasteiger partial charge in [-0.05, 0) is 44.2 Å². The van der Waals surface area contributed by atoms with Crippen molar-refractivity contribution in [3.63, 3.8) is 0 Å². The van der Waals surface area contributed by atoms with Crippen LogP contribution in [0.25, 0.3) is 0 Å². The molecular weight excluding hydrogens is 336 g/mol. The van der Waals surface area contributed by atoms with Crippen molar-refractivity contribution < 1.29 is 24.2 Å². The molecule has 2 aliphatic heterocycles. The first kappa shape index (κ1) is 18.5. The lowest BCUT2D eigenvalue weighted by molar-refractivity contribution is -0.143. The molecule has 142 valence electrons. The molecule has 2 amide bonds. The standard InChI is InChI=1S/C19H26N2O5/c22-18(23)14-8-10-21(11-9-14)19(24)20-16-6-1-2-7-17(16)26-13-15-5-3-4-12-25-15/h1-2,6-7,14-15H,3-5,8-13H2,(H,20,24)(H,22,23). The van der Waals surface area contributed by atoms with Crippen LogP contribution in [-0.2, 0) is 9.53 Å². The van der Waals surface area contributed by atoms with Gasteiger partial charge in [-0.25, -0.2) is 4.79 Å². The van der Waals surface area contributed by atoms with E-state index in [1.807, 2.05) is 18.2 Å². The van der Waals surface area contributed by atoms with Gasteiger partial charge in [-0.3, -0.25) is 4.79 Å². The van der Waals surface area contributed by atoms with E-state index in [4.69, 9.17) is 14.6 Å². The van der Waals surface area contributed by atoms with Crippen molar-refractivity contribution in [3.05, 3.63) is 24.3 Å². The second kappa shape index (κ2) is 8.89. The topological polar surface area (TPSA) is 88.1 Å². The van der Waals surface area contributed by atoms with Crippen molar-refractivity contribution in [1.82, 2.24) is 4.90 Å². The van der Waals surface area contributed by atoms with Gasteiger partial charge < -0.3 is 24.8 Å². The van der Waals surface area contributed by atoms with Crippen molar-refractivity contribution in [1.29, 1.82) is 0 Å². The minimum Gasteiger partial charge on any atom is -0.489 e. The molecule has 1 aromatic rings. The molecule has 0 radical (unpaired) electrons. The van der Waals surface area contributed by atoms with Crippen LogP contribution in [0.15, 0.2) is 24.3 Å². The first-order valence-electron chi connectivity index (χ1n) is 9.25. The Labute approximate surface area is 153 Å². The zero-order valence-corrected chi connectivity index (χ0v) is 14.9. The summed E-state index contributed by atoms with van der Waals surface area (Å²) in [5.41, 5.74) is 0.619. The van der Waals surface area contributed by atoms with Gasteiger partial charge >= 0.3 is 12.0 Å². The summed E-state index contributed by atoms with van der Waals surface area (Å²) in [6, 6.07) is 7.12. The molecule has 2 heterocycles. The number of carbonyl (C=O) groups is 2. The van der Waals surface area contributed by atoms with Gasteiger partial charge in [0, 0.05) is 19.7 Å². The molecule has 1 unspecified atom stereocenters. The van der Waals surface area contributed by atoms with E-state index in [0.29, 0.717) is 44.0 Å². The van der Waals surface area contributed by atoms with Crippen LogP contribution < -0.4 is 10.1 Å². The number of ether oxygens (including phenoxy) is 2. The molecule has 0 spiro atoms. The number of aliphatic carboxylic acids is 1. The lowest BCUT2D eigenvalue weighted by Gasteiger charge is -2.30. The summed E-state index contributed by atoms with van der Waals surface area (Å²) in [7, 11) is 0. The highest BCUT2D eigenvalue weighted by Gasteiger charge is 2.27. The van der Waals surface area contributed by atoms with Crippen LogP contribution in [0.4, 0.5) is 10.5 Å². The Balaban J connectivity index is 1.54. The third-order valence-corrected chi connectivity index (χ3v) is 4.96. The van der Waals surface area contributed by atoms with E-state index in [0.717, 1.165) is 25.9 Å². The van der Waals surface area contributed by atoms with E-state index in [1.165, 1.54) is 0 Å². The molecule has 26 heavy (non-hydrogen) atoms. The number of para-hydroxylation sites is 2. The number of hydrogen-bond acceptors (Lipinski definition) is 4. The predicted molar refractivity (Wildman–Crippen MR) is 96.5 cm³/mol. The smallest absolute Gasteiger partial charge is 0.321 e. The average molecular weight is 362 g/mol. The van der Waals surface area contributed by atoms with E-state index < -0.39 is 5.97 Å². The molecule has 1 atom stereocenters. The molecule has 2 fully saturated rings. The number of anilines is 1. The molecule has 1 aromatic carbocycles. The Bertz CT molecular complexity index is 622. The van der Waals surface area contributed by atoms with Gasteiger partial charge in [-0.1, -0.05) is 12.1 Å². The number of likely N-dealkylation sites (tertiary alicyclic amines) is 1. The van der Waals surface area contributed by atoms with E-state index in [1.54, 1.807) is 11.0 Å². The molecule has 7 nitrogen and oxygen atoms in total. The third-order valence-electron chi connectivity index (χ3n) is 4.96. The van der Waals surface area contributed by atoms with Crippen LogP contribution in [0.3, 0.4) is 0 Å². The summed E-state index contributed by atoms with van der Waals surface area (Å²) in [5.74, 6) is -0.519. The summed E-state index contributed by atoms with van der Waals surface area (Å²) >= 11 is 0. The minimum atomic E-state index is -0.784. The highest BCUT2D eigenvalue weighted by molar-refractivity contribution is 5.91. The Kier molecular flexibility index (Phi) is 6.33. The summed E-state index contributed by atoms with van der Waals surface area (Å²) in [5, 5.41) is 11.9. The van der Waals surface area contributed by atoms with Gasteiger partial charge in [0.05, 0.1) is 17.7 Å². The van der Waals surface area contributed by atoms with Crippen LogP contribution in [0.5, 0.6) is 5.75 Å². The summed E-state index contributed by atoms with van der Waals surface area (Å²) < 4.78 is 11.6. The second-order valence-electron chi connectivity index (χ2n) is 6.83. The lowest BCUT2D eigenvalue weighted by Crippen LogP contribution is -2.42. The van der Waals surface area contributed by atoms with Gasteiger partial charge in [0.25, 0.3) is 0 Å². The molecule has 2 aliphatic rings. The first-order valence-corrected chi connectivity index (χ1v) is 9.25. The molecule has 0 saturated carbocycles. The molecule has 2 N–H and O–H groups in total. The van der Waals surface area contributed by atoms with E-state index in [-0.39, 0.29) is 18.1 Å². The normalized spacial score (nSPS) is 21.2. The Morgan fingerprint density at radius 1 is 1.19 bits per heavy atom. The van der Waals surface area contributed by atoms with Crippen LogP contribution in [0.1, 0.15) is 32.1 Å². The number of urea groups is 1. The Morgan fingerprint density at radius 2 is 1.96 bits per heavy atom. The van der Waals surface area contributed by atoms with Crippen LogP contribution in [-0.4, -0.2) is 54.4 Å². The second-order valence-corrected chi connectivity index (χ2v) is 6.83. The maximum atomic E-state index is 12.5. The number of carboxylic acids is 1. The van der Waals surface area contributed by atoms with E-state index >= 15 is 0 Å². The van der Waals surface area contributed by atoms with E-state index in [2.05, 4.69) is 5.32 Å². The number of nitrogens with zero attached hydrogens (tertiary/aromatic N) is 1. The highest BCUT2D eigenvalue weighted by Crippen LogP contribution is 2.26. The molecule has 7 heteroatoms. The Morgan fingerprint density at radius 3 is 2.65 bits per heavy atom. The fourth-order valence-electron chi connectivity index (χ4n) is 3.34. The molecule has 0 aromatic heterocycles. The number of carboxylic acid groups (broad SMARTS) is 1. The van der Waals surface area contributed by atoms with Crippen molar-refractivity contribution >= 4 is 17.7 Å². The monoisotopic (exact) mass is 362 g/mol. The molecule has 0 bridgehead atoms. The Hall–Kier alpha value is -2.28. The highest BCUT2D eigenvalue weighted by atomic mass is 16.5. The van der Waals surface area contributed by atoms with Gasteiger partial charge in [0.15, 0.2) is 0 Å². The summed E-state index contributed by atoms with van der Waals surface area (Å²) in [4.78, 5) is 25.2. The predicted octanol–water partition coefficient (Wildman–Crippen LogP) is 2.96. The first-order chi connectivity index (χ1) is 12.6. The van der Waals surface area contributed by atoms with Gasteiger partial charge in [-0.2, -0.15) is 0 Å². The number of hydrogen-bond donors (Lipinski definition) is 2. The molecular formula is C19H26N2O5. The molecule has 0 aliphatic carbocycles. The van der Waals surface area contributed by atoms with Gasteiger partial charge in [0.1, 0.15) is 12.4 Å². The van der Waals surface area contributed by atoms with Crippen LogP contribution in [0, 0.1) is 5.92 Å². The number of nitrogens with one attached hydrogen (secondary N) is 1. The van der Waals surface area contributed by atoms with Crippen molar-refractivity contribution in [3.8, 4) is 5.75 Å². The maximum Gasteiger partial charge on any atom is 0.321 e. The van der Waals surface area contributed by atoms with Crippen molar-refractivity contribution in [2.45, 2.75) is 38.2 Å². The molecule has 2 saturated heterocycles. The zero-order valence-electron chi connectivity index (χ0n) is 14.9. The van der Waals surface area contributed by atoms with Crippen LogP contribution >= 0.6 is 0 Å². The fraction of sp³-hybridized carbons (Fsp3) is 0.579. The number of benzene rings is 1. The number of amides is 2. The maximum absolute atomic E-state index is 12.5. The SMILES string of the molecule is O=C(O)C1CCN(C(=O)Nc2ccccc2OCC2CCCCO2)CC1. The van der Waals surface area contributed by atoms with Crippen molar-refractivity contribution in [2.24, 2.45) is 5.92 Å². The minimum absolute atomic E-state index is 0.0996. The van der Waals surface area contributed by atoms with Gasteiger partial charge in [0.2, 0.25) is 0 Å². The number of carbonyl (C=O) groups excluding carboxylic acids is 1. The lowest BCUT2D eigenvalue weighted by atomic mass is 9.97. The van der Waals surface area contributed by atoms with E-state index in [9.17, 15) is 9.59 Å². The summed E-state index contributed by atoms with van der Waals surface area (Å²) in [6.45, 7) is 2.14. The largest absolute Gasteiger partial charge is 0.489 e. The fourth-order valence-corrected chi connectivity index (χ4v) is 3.34. The third kappa shape index (κ3) is 4.88. The zero-order chi connectivity index (χ0) is 18.4.